The van der Waals surface area contributed by atoms with E-state index in [2.05, 4.69) is 10.3 Å². The standard InChI is InChI=1S/C15H10N4OS/c16-8-11-3-1-5-13(7-11)19-14(20)10-21-15-12(9-17)4-2-6-18-15/h1-7H,10H2,(H,19,20). The van der Waals surface area contributed by atoms with E-state index in [4.69, 9.17) is 10.5 Å². The average molecular weight is 294 g/mol. The Labute approximate surface area is 126 Å². The number of carbonyl (C=O) groups is 1. The first-order valence-corrected chi connectivity index (χ1v) is 6.99. The predicted octanol–water partition coefficient (Wildman–Crippen LogP) is 2.56. The molecule has 0 aliphatic heterocycles. The molecule has 2 aromatic rings. The van der Waals surface area contributed by atoms with E-state index in [0.717, 1.165) is 0 Å². The number of aromatic nitrogens is 1. The van der Waals surface area contributed by atoms with Crippen LogP contribution in [0.25, 0.3) is 0 Å². The fraction of sp³-hybridized carbons (Fsp3) is 0.0667. The molecule has 0 bridgehead atoms. The van der Waals surface area contributed by atoms with Crippen LogP contribution in [0.2, 0.25) is 0 Å². The van der Waals surface area contributed by atoms with Crippen LogP contribution in [0.15, 0.2) is 47.6 Å². The molecule has 0 aliphatic rings. The first-order valence-electron chi connectivity index (χ1n) is 6.01. The lowest BCUT2D eigenvalue weighted by Gasteiger charge is -2.05. The van der Waals surface area contributed by atoms with Crippen LogP contribution in [0.3, 0.4) is 0 Å². The number of carbonyl (C=O) groups excluding carboxylic acids is 1. The first kappa shape index (κ1) is 14.6. The van der Waals surface area contributed by atoms with Crippen LogP contribution in [-0.4, -0.2) is 16.6 Å². The third kappa shape index (κ3) is 4.07. The molecule has 1 aromatic carbocycles. The highest BCUT2D eigenvalue weighted by Crippen LogP contribution is 2.19. The summed E-state index contributed by atoms with van der Waals surface area (Å²) in [4.78, 5) is 15.9. The summed E-state index contributed by atoms with van der Waals surface area (Å²) in [5, 5.41) is 21.0. The van der Waals surface area contributed by atoms with Gasteiger partial charge in [0.1, 0.15) is 11.1 Å². The summed E-state index contributed by atoms with van der Waals surface area (Å²) in [6, 6.07) is 14.1. The van der Waals surface area contributed by atoms with Crippen LogP contribution < -0.4 is 5.32 Å². The van der Waals surface area contributed by atoms with Crippen molar-refractivity contribution in [1.29, 1.82) is 10.5 Å². The first-order chi connectivity index (χ1) is 10.2. The molecule has 5 nitrogen and oxygen atoms in total. The summed E-state index contributed by atoms with van der Waals surface area (Å²) in [7, 11) is 0. The van der Waals surface area contributed by atoms with Gasteiger partial charge in [0.15, 0.2) is 0 Å². The fourth-order valence-corrected chi connectivity index (χ4v) is 2.33. The normalized spacial score (nSPS) is 9.43. The Kier molecular flexibility index (Phi) is 4.92. The molecule has 0 radical (unpaired) electrons. The van der Waals surface area contributed by atoms with E-state index in [0.29, 0.717) is 21.8 Å². The second-order valence-electron chi connectivity index (χ2n) is 4.00. The van der Waals surface area contributed by atoms with Crippen LogP contribution in [0.5, 0.6) is 0 Å². The summed E-state index contributed by atoms with van der Waals surface area (Å²) >= 11 is 1.20. The van der Waals surface area contributed by atoms with Crippen molar-refractivity contribution in [1.82, 2.24) is 4.98 Å². The SMILES string of the molecule is N#Cc1cccc(NC(=O)CSc2ncccc2C#N)c1. The zero-order chi connectivity index (χ0) is 15.1. The number of pyridine rings is 1. The van der Waals surface area contributed by atoms with Gasteiger partial charge in [-0.15, -0.1) is 0 Å². The number of anilines is 1. The summed E-state index contributed by atoms with van der Waals surface area (Å²) in [6.07, 6.45) is 1.58. The minimum atomic E-state index is -0.218. The van der Waals surface area contributed by atoms with Crippen LogP contribution in [0.4, 0.5) is 5.69 Å². The molecular weight excluding hydrogens is 284 g/mol. The van der Waals surface area contributed by atoms with E-state index >= 15 is 0 Å². The molecule has 1 N–H and O–H groups in total. The molecule has 102 valence electrons. The monoisotopic (exact) mass is 294 g/mol. The predicted molar refractivity (Wildman–Crippen MR) is 79.5 cm³/mol. The summed E-state index contributed by atoms with van der Waals surface area (Å²) in [5.41, 5.74) is 1.50. The van der Waals surface area contributed by atoms with E-state index in [9.17, 15) is 4.79 Å². The Morgan fingerprint density at radius 2 is 2.10 bits per heavy atom. The third-order valence-corrected chi connectivity index (χ3v) is 3.51. The van der Waals surface area contributed by atoms with Gasteiger partial charge in [0.25, 0.3) is 0 Å². The maximum atomic E-state index is 11.9. The van der Waals surface area contributed by atoms with Crippen molar-refractivity contribution in [2.45, 2.75) is 5.03 Å². The quantitative estimate of drug-likeness (QED) is 0.875. The van der Waals surface area contributed by atoms with Crippen LogP contribution in [0.1, 0.15) is 11.1 Å². The molecule has 0 unspecified atom stereocenters. The molecule has 21 heavy (non-hydrogen) atoms. The number of rotatable bonds is 4. The van der Waals surface area contributed by atoms with Crippen molar-refractivity contribution in [2.75, 3.05) is 11.1 Å². The molecule has 0 fully saturated rings. The van der Waals surface area contributed by atoms with E-state index in [1.807, 2.05) is 12.1 Å². The number of nitrogens with one attached hydrogen (secondary N) is 1. The molecule has 0 saturated heterocycles. The van der Waals surface area contributed by atoms with Gasteiger partial charge in [-0.05, 0) is 30.3 Å². The van der Waals surface area contributed by atoms with Crippen molar-refractivity contribution in [3.63, 3.8) is 0 Å². The lowest BCUT2D eigenvalue weighted by atomic mass is 10.2. The number of hydrogen-bond acceptors (Lipinski definition) is 5. The Morgan fingerprint density at radius 1 is 1.24 bits per heavy atom. The highest BCUT2D eigenvalue weighted by atomic mass is 32.2. The average Bonchev–Trinajstić information content (AvgIpc) is 2.53. The van der Waals surface area contributed by atoms with Crippen LogP contribution in [0, 0.1) is 22.7 Å². The largest absolute Gasteiger partial charge is 0.325 e. The number of thioether (sulfide) groups is 1. The molecule has 0 atom stereocenters. The Bertz CT molecular complexity index is 746. The van der Waals surface area contributed by atoms with Gasteiger partial charge in [-0.1, -0.05) is 17.8 Å². The summed E-state index contributed by atoms with van der Waals surface area (Å²) in [6.45, 7) is 0. The maximum Gasteiger partial charge on any atom is 0.234 e. The van der Waals surface area contributed by atoms with Gasteiger partial charge in [0, 0.05) is 11.9 Å². The second-order valence-corrected chi connectivity index (χ2v) is 4.96. The van der Waals surface area contributed by atoms with E-state index in [-0.39, 0.29) is 11.7 Å². The fourth-order valence-electron chi connectivity index (χ4n) is 1.59. The molecule has 1 aromatic heterocycles. The van der Waals surface area contributed by atoms with Crippen molar-refractivity contribution < 1.29 is 4.79 Å². The molecular formula is C15H10N4OS. The highest BCUT2D eigenvalue weighted by Gasteiger charge is 2.08. The summed E-state index contributed by atoms with van der Waals surface area (Å²) < 4.78 is 0. The van der Waals surface area contributed by atoms with Crippen molar-refractivity contribution >= 4 is 23.4 Å². The Balaban J connectivity index is 1.96. The van der Waals surface area contributed by atoms with E-state index < -0.39 is 0 Å². The van der Waals surface area contributed by atoms with Gasteiger partial charge in [-0.25, -0.2) is 4.98 Å². The van der Waals surface area contributed by atoms with Crippen molar-refractivity contribution in [3.8, 4) is 12.1 Å². The van der Waals surface area contributed by atoms with Gasteiger partial charge in [-0.2, -0.15) is 10.5 Å². The van der Waals surface area contributed by atoms with Gasteiger partial charge < -0.3 is 5.32 Å². The minimum Gasteiger partial charge on any atom is -0.325 e. The zero-order valence-corrected chi connectivity index (χ0v) is 11.7. The van der Waals surface area contributed by atoms with Gasteiger partial charge in [-0.3, -0.25) is 4.79 Å². The molecule has 0 spiro atoms. The number of amides is 1. The zero-order valence-electron chi connectivity index (χ0n) is 10.9. The third-order valence-electron chi connectivity index (χ3n) is 2.51. The molecule has 2 rings (SSSR count). The minimum absolute atomic E-state index is 0.141. The number of nitriles is 2. The van der Waals surface area contributed by atoms with Gasteiger partial charge in [0.2, 0.25) is 5.91 Å². The molecule has 1 heterocycles. The second kappa shape index (κ2) is 7.09. The molecule has 6 heteroatoms. The number of nitrogens with zero attached hydrogens (tertiary/aromatic N) is 3. The lowest BCUT2D eigenvalue weighted by molar-refractivity contribution is -0.113. The molecule has 0 saturated carbocycles. The Hall–Kier alpha value is -2.83. The maximum absolute atomic E-state index is 11.9. The Morgan fingerprint density at radius 3 is 2.86 bits per heavy atom. The molecule has 0 aliphatic carbocycles. The number of hydrogen-bond donors (Lipinski definition) is 1. The van der Waals surface area contributed by atoms with E-state index in [1.54, 1.807) is 42.6 Å². The van der Waals surface area contributed by atoms with Crippen LogP contribution in [-0.2, 0) is 4.79 Å². The van der Waals surface area contributed by atoms with Gasteiger partial charge >= 0.3 is 0 Å². The lowest BCUT2D eigenvalue weighted by Crippen LogP contribution is -2.14. The van der Waals surface area contributed by atoms with Crippen molar-refractivity contribution in [3.05, 3.63) is 53.7 Å². The van der Waals surface area contributed by atoms with Gasteiger partial charge in [0.05, 0.1) is 22.9 Å². The van der Waals surface area contributed by atoms with Crippen molar-refractivity contribution in [2.24, 2.45) is 0 Å². The molecule has 1 amide bonds. The topological polar surface area (TPSA) is 89.6 Å². The highest BCUT2D eigenvalue weighted by molar-refractivity contribution is 8.00. The van der Waals surface area contributed by atoms with E-state index in [1.165, 1.54) is 11.8 Å². The summed E-state index contributed by atoms with van der Waals surface area (Å²) in [5.74, 6) is -0.0766. The van der Waals surface area contributed by atoms with Crippen LogP contribution >= 0.6 is 11.8 Å². The number of benzene rings is 1. The smallest absolute Gasteiger partial charge is 0.234 e.